The first kappa shape index (κ1) is 7.86. The van der Waals surface area contributed by atoms with Crippen molar-refractivity contribution in [2.45, 2.75) is 0 Å². The van der Waals surface area contributed by atoms with Gasteiger partial charge in [0, 0.05) is 24.5 Å². The van der Waals surface area contributed by atoms with Gasteiger partial charge >= 0.3 is 0 Å². The number of nitrogens with zero attached hydrogens (tertiary/aromatic N) is 2. The predicted octanol–water partition coefficient (Wildman–Crippen LogP) is 1.67. The average Bonchev–Trinajstić information content (AvgIpc) is 2.52. The van der Waals surface area contributed by atoms with Gasteiger partial charge in [-0.3, -0.25) is 4.68 Å². The van der Waals surface area contributed by atoms with Gasteiger partial charge in [0.15, 0.2) is 0 Å². The lowest BCUT2D eigenvalue weighted by Gasteiger charge is -2.04. The monoisotopic (exact) mass is 173 g/mol. The van der Waals surface area contributed by atoms with Gasteiger partial charge in [-0.2, -0.15) is 5.10 Å². The molecule has 66 valence electrons. The molecule has 2 rings (SSSR count). The summed E-state index contributed by atoms with van der Waals surface area (Å²) < 4.78 is 1.81. The third-order valence-corrected chi connectivity index (χ3v) is 2.06. The zero-order valence-electron chi connectivity index (χ0n) is 7.44. The predicted molar refractivity (Wildman–Crippen MR) is 53.1 cm³/mol. The molecule has 0 aliphatic rings. The van der Waals surface area contributed by atoms with Crippen LogP contribution in [0.5, 0.6) is 0 Å². The summed E-state index contributed by atoms with van der Waals surface area (Å²) in [6.45, 7) is 0. The number of aryl methyl sites for hydroxylation is 1. The smallest absolute Gasteiger partial charge is 0.0699 e. The molecule has 0 unspecified atom stereocenters. The van der Waals surface area contributed by atoms with Crippen LogP contribution in [0.1, 0.15) is 0 Å². The Morgan fingerprint density at radius 1 is 1.23 bits per heavy atom. The van der Waals surface area contributed by atoms with Gasteiger partial charge in [-0.1, -0.05) is 18.2 Å². The second-order valence-corrected chi connectivity index (χ2v) is 2.93. The van der Waals surface area contributed by atoms with Crippen molar-refractivity contribution in [2.75, 3.05) is 5.73 Å². The lowest BCUT2D eigenvalue weighted by molar-refractivity contribution is 0.776. The van der Waals surface area contributed by atoms with Gasteiger partial charge in [0.05, 0.1) is 5.69 Å². The third kappa shape index (κ3) is 1.28. The first-order valence-corrected chi connectivity index (χ1v) is 4.12. The minimum atomic E-state index is 0.783. The zero-order chi connectivity index (χ0) is 9.26. The molecule has 0 atom stereocenters. The van der Waals surface area contributed by atoms with Crippen LogP contribution < -0.4 is 5.73 Å². The number of para-hydroxylation sites is 1. The fraction of sp³-hybridized carbons (Fsp3) is 0.100. The summed E-state index contributed by atoms with van der Waals surface area (Å²) in [7, 11) is 1.90. The SMILES string of the molecule is Cn1nccc1-c1ccccc1N. The highest BCUT2D eigenvalue weighted by atomic mass is 15.3. The minimum Gasteiger partial charge on any atom is -0.398 e. The molecular weight excluding hydrogens is 162 g/mol. The number of nitrogen functional groups attached to an aromatic ring is 1. The Morgan fingerprint density at radius 2 is 2.00 bits per heavy atom. The molecule has 0 bridgehead atoms. The number of aromatic nitrogens is 2. The Bertz CT molecular complexity index is 418. The number of hydrogen-bond acceptors (Lipinski definition) is 2. The van der Waals surface area contributed by atoms with Crippen molar-refractivity contribution in [3.05, 3.63) is 36.5 Å². The van der Waals surface area contributed by atoms with Crippen molar-refractivity contribution < 1.29 is 0 Å². The lowest BCUT2D eigenvalue weighted by Crippen LogP contribution is -1.96. The van der Waals surface area contributed by atoms with Crippen LogP contribution in [0.25, 0.3) is 11.3 Å². The number of nitrogens with two attached hydrogens (primary N) is 1. The quantitative estimate of drug-likeness (QED) is 0.666. The van der Waals surface area contributed by atoms with E-state index >= 15 is 0 Å². The molecule has 0 spiro atoms. The molecule has 0 saturated carbocycles. The van der Waals surface area contributed by atoms with E-state index in [2.05, 4.69) is 5.10 Å². The van der Waals surface area contributed by atoms with Gasteiger partial charge in [0.2, 0.25) is 0 Å². The molecule has 0 amide bonds. The first-order chi connectivity index (χ1) is 6.29. The zero-order valence-corrected chi connectivity index (χ0v) is 7.44. The summed E-state index contributed by atoms with van der Waals surface area (Å²) >= 11 is 0. The molecule has 3 nitrogen and oxygen atoms in total. The Morgan fingerprint density at radius 3 is 2.62 bits per heavy atom. The van der Waals surface area contributed by atoms with Crippen LogP contribution in [-0.4, -0.2) is 9.78 Å². The fourth-order valence-electron chi connectivity index (χ4n) is 1.37. The molecule has 0 aliphatic heterocycles. The van der Waals surface area contributed by atoms with Crippen LogP contribution in [0.4, 0.5) is 5.69 Å². The van der Waals surface area contributed by atoms with Gasteiger partial charge in [-0.25, -0.2) is 0 Å². The van der Waals surface area contributed by atoms with Crippen molar-refractivity contribution in [2.24, 2.45) is 7.05 Å². The molecule has 1 heterocycles. The standard InChI is InChI=1S/C10H11N3/c1-13-10(6-7-12-13)8-4-2-3-5-9(8)11/h2-7H,11H2,1H3. The molecule has 1 aromatic carbocycles. The van der Waals surface area contributed by atoms with E-state index in [0.717, 1.165) is 16.9 Å². The van der Waals surface area contributed by atoms with E-state index in [1.165, 1.54) is 0 Å². The van der Waals surface area contributed by atoms with Crippen molar-refractivity contribution in [3.63, 3.8) is 0 Å². The Labute approximate surface area is 76.8 Å². The van der Waals surface area contributed by atoms with Crippen LogP contribution in [0.2, 0.25) is 0 Å². The highest BCUT2D eigenvalue weighted by Gasteiger charge is 2.04. The van der Waals surface area contributed by atoms with E-state index in [0.29, 0.717) is 0 Å². The maximum atomic E-state index is 5.84. The highest BCUT2D eigenvalue weighted by molar-refractivity contribution is 5.73. The Kier molecular flexibility index (Phi) is 1.77. The summed E-state index contributed by atoms with van der Waals surface area (Å²) in [5.74, 6) is 0. The second-order valence-electron chi connectivity index (χ2n) is 2.93. The molecule has 2 N–H and O–H groups in total. The maximum absolute atomic E-state index is 5.84. The molecule has 0 fully saturated rings. The highest BCUT2D eigenvalue weighted by Crippen LogP contribution is 2.23. The van der Waals surface area contributed by atoms with Crippen LogP contribution in [0.15, 0.2) is 36.5 Å². The normalized spacial score (nSPS) is 10.2. The van der Waals surface area contributed by atoms with Crippen molar-refractivity contribution >= 4 is 5.69 Å². The van der Waals surface area contributed by atoms with Gasteiger partial charge in [-0.15, -0.1) is 0 Å². The molecule has 3 heteroatoms. The molecule has 0 radical (unpaired) electrons. The first-order valence-electron chi connectivity index (χ1n) is 4.12. The molecule has 2 aromatic rings. The van der Waals surface area contributed by atoms with E-state index in [4.69, 9.17) is 5.73 Å². The van der Waals surface area contributed by atoms with Crippen molar-refractivity contribution in [3.8, 4) is 11.3 Å². The second kappa shape index (κ2) is 2.94. The van der Waals surface area contributed by atoms with Gasteiger partial charge in [0.25, 0.3) is 0 Å². The maximum Gasteiger partial charge on any atom is 0.0699 e. The fourth-order valence-corrected chi connectivity index (χ4v) is 1.37. The van der Waals surface area contributed by atoms with Crippen LogP contribution in [0, 0.1) is 0 Å². The summed E-state index contributed by atoms with van der Waals surface area (Å²) in [6.07, 6.45) is 1.77. The van der Waals surface area contributed by atoms with Crippen molar-refractivity contribution in [1.82, 2.24) is 9.78 Å². The summed E-state index contributed by atoms with van der Waals surface area (Å²) in [5, 5.41) is 4.10. The summed E-state index contributed by atoms with van der Waals surface area (Å²) in [6, 6.07) is 9.73. The van der Waals surface area contributed by atoms with E-state index in [1.54, 1.807) is 6.20 Å². The van der Waals surface area contributed by atoms with Gasteiger partial charge < -0.3 is 5.73 Å². The van der Waals surface area contributed by atoms with E-state index < -0.39 is 0 Å². The number of hydrogen-bond donors (Lipinski definition) is 1. The molecule has 0 saturated heterocycles. The van der Waals surface area contributed by atoms with Crippen LogP contribution >= 0.6 is 0 Å². The summed E-state index contributed by atoms with van der Waals surface area (Å²) in [5.41, 5.74) is 8.69. The van der Waals surface area contributed by atoms with Crippen LogP contribution in [-0.2, 0) is 7.05 Å². The largest absolute Gasteiger partial charge is 0.398 e. The lowest BCUT2D eigenvalue weighted by atomic mass is 10.1. The van der Waals surface area contributed by atoms with Gasteiger partial charge in [-0.05, 0) is 12.1 Å². The summed E-state index contributed by atoms with van der Waals surface area (Å²) in [4.78, 5) is 0. The topological polar surface area (TPSA) is 43.8 Å². The van der Waals surface area contributed by atoms with E-state index in [-0.39, 0.29) is 0 Å². The molecule has 0 aliphatic carbocycles. The molecule has 13 heavy (non-hydrogen) atoms. The van der Waals surface area contributed by atoms with Gasteiger partial charge in [0.1, 0.15) is 0 Å². The molecular formula is C10H11N3. The van der Waals surface area contributed by atoms with E-state index in [1.807, 2.05) is 42.1 Å². The Hall–Kier alpha value is -1.77. The number of rotatable bonds is 1. The van der Waals surface area contributed by atoms with Crippen LogP contribution in [0.3, 0.4) is 0 Å². The Balaban J connectivity index is 2.59. The number of anilines is 1. The van der Waals surface area contributed by atoms with Crippen molar-refractivity contribution in [1.29, 1.82) is 0 Å². The number of benzene rings is 1. The molecule has 1 aromatic heterocycles. The average molecular weight is 173 g/mol. The third-order valence-electron chi connectivity index (χ3n) is 2.06. The van der Waals surface area contributed by atoms with E-state index in [9.17, 15) is 0 Å². The minimum absolute atomic E-state index is 0.783.